The van der Waals surface area contributed by atoms with Gasteiger partial charge in [-0.2, -0.15) is 0 Å². The fourth-order valence-electron chi connectivity index (χ4n) is 2.28. The number of fused-ring (bicyclic) bond motifs is 1. The van der Waals surface area contributed by atoms with Gasteiger partial charge in [-0.05, 0) is 42.7 Å². The topological polar surface area (TPSA) is 12.9 Å². The quantitative estimate of drug-likeness (QED) is 0.637. The van der Waals surface area contributed by atoms with E-state index in [9.17, 15) is 0 Å². The third-order valence-corrected chi connectivity index (χ3v) is 3.83. The van der Waals surface area contributed by atoms with Gasteiger partial charge in [0.1, 0.15) is 0 Å². The maximum absolute atomic E-state index is 6.31. The lowest BCUT2D eigenvalue weighted by molar-refractivity contribution is 0.923. The molecule has 0 saturated heterocycles. The second kappa shape index (κ2) is 5.82. The molecular formula is C17H13Cl2N. The van der Waals surface area contributed by atoms with Gasteiger partial charge in [0.05, 0.1) is 10.5 Å². The average molecular weight is 302 g/mol. The molecule has 0 aliphatic carbocycles. The van der Waals surface area contributed by atoms with Gasteiger partial charge in [0.15, 0.2) is 0 Å². The summed E-state index contributed by atoms with van der Waals surface area (Å²) in [5.74, 6) is 0. The third-order valence-electron chi connectivity index (χ3n) is 3.28. The molecule has 0 bridgehead atoms. The van der Waals surface area contributed by atoms with Crippen LogP contribution in [0.25, 0.3) is 10.9 Å². The molecule has 3 rings (SSSR count). The van der Waals surface area contributed by atoms with Crippen molar-refractivity contribution < 1.29 is 0 Å². The summed E-state index contributed by atoms with van der Waals surface area (Å²) in [5, 5.41) is 2.53. The molecule has 0 amide bonds. The van der Waals surface area contributed by atoms with Crippen molar-refractivity contribution in [3.63, 3.8) is 0 Å². The zero-order valence-electron chi connectivity index (χ0n) is 10.8. The van der Waals surface area contributed by atoms with E-state index in [0.717, 1.165) is 39.5 Å². The summed E-state index contributed by atoms with van der Waals surface area (Å²) in [5.41, 5.74) is 3.17. The van der Waals surface area contributed by atoms with Crippen LogP contribution in [-0.4, -0.2) is 4.98 Å². The summed E-state index contributed by atoms with van der Waals surface area (Å²) in [6.45, 7) is 0. The Morgan fingerprint density at radius 3 is 2.55 bits per heavy atom. The number of hydrogen-bond acceptors (Lipinski definition) is 1. The normalized spacial score (nSPS) is 10.9. The number of nitrogens with zero attached hydrogens (tertiary/aromatic N) is 1. The number of rotatable bonds is 3. The number of hydrogen-bond donors (Lipinski definition) is 0. The molecule has 1 heterocycles. The molecule has 0 spiro atoms. The Morgan fingerprint density at radius 1 is 0.850 bits per heavy atom. The highest BCUT2D eigenvalue weighted by Gasteiger charge is 2.04. The average Bonchev–Trinajstić information content (AvgIpc) is 2.45. The van der Waals surface area contributed by atoms with Crippen LogP contribution >= 0.6 is 23.2 Å². The fourth-order valence-corrected chi connectivity index (χ4v) is 2.78. The molecule has 1 nitrogen and oxygen atoms in total. The molecule has 3 aromatic rings. The minimum atomic E-state index is 0.761. The second-order valence-electron chi connectivity index (χ2n) is 4.74. The summed E-state index contributed by atoms with van der Waals surface area (Å²) in [4.78, 5) is 4.66. The molecule has 1 aromatic heterocycles. The van der Waals surface area contributed by atoms with Crippen LogP contribution < -0.4 is 0 Å². The van der Waals surface area contributed by atoms with E-state index < -0.39 is 0 Å². The lowest BCUT2D eigenvalue weighted by Gasteiger charge is -2.06. The number of pyridine rings is 1. The predicted octanol–water partition coefficient (Wildman–Crippen LogP) is 5.33. The van der Waals surface area contributed by atoms with E-state index in [4.69, 9.17) is 23.2 Å². The van der Waals surface area contributed by atoms with Crippen LogP contribution in [0.3, 0.4) is 0 Å². The van der Waals surface area contributed by atoms with E-state index in [0.29, 0.717) is 0 Å². The smallest absolute Gasteiger partial charge is 0.0720 e. The van der Waals surface area contributed by atoms with Crippen LogP contribution in [-0.2, 0) is 12.8 Å². The van der Waals surface area contributed by atoms with E-state index in [1.54, 1.807) is 0 Å². The van der Waals surface area contributed by atoms with Crippen LogP contribution in [0.5, 0.6) is 0 Å². The number of benzene rings is 2. The van der Waals surface area contributed by atoms with Crippen molar-refractivity contribution in [3.8, 4) is 0 Å². The Labute approximate surface area is 128 Å². The SMILES string of the molecule is Clc1cccc(CCc2cc(Cl)c3ccccc3n2)c1. The summed E-state index contributed by atoms with van der Waals surface area (Å²) in [6.07, 6.45) is 1.76. The maximum atomic E-state index is 6.31. The molecule has 100 valence electrons. The van der Waals surface area contributed by atoms with Crippen molar-refractivity contribution >= 4 is 34.1 Å². The first-order chi connectivity index (χ1) is 9.72. The van der Waals surface area contributed by atoms with Gasteiger partial charge < -0.3 is 0 Å². The first-order valence-corrected chi connectivity index (χ1v) is 7.26. The molecule has 0 aliphatic heterocycles. The number of aryl methyl sites for hydroxylation is 2. The van der Waals surface area contributed by atoms with Crippen LogP contribution in [0.4, 0.5) is 0 Å². The molecule has 20 heavy (non-hydrogen) atoms. The van der Waals surface area contributed by atoms with E-state index in [1.165, 1.54) is 5.56 Å². The predicted molar refractivity (Wildman–Crippen MR) is 85.6 cm³/mol. The Morgan fingerprint density at radius 2 is 1.70 bits per heavy atom. The Balaban J connectivity index is 1.84. The van der Waals surface area contributed by atoms with E-state index in [2.05, 4.69) is 11.1 Å². The standard InChI is InChI=1S/C17H13Cl2N/c18-13-5-3-4-12(10-13)8-9-14-11-16(19)15-6-1-2-7-17(15)20-14/h1-7,10-11H,8-9H2. The summed E-state index contributed by atoms with van der Waals surface area (Å²) in [6, 6.07) is 17.8. The van der Waals surface area contributed by atoms with Gasteiger partial charge in [-0.15, -0.1) is 0 Å². The molecular weight excluding hydrogens is 289 g/mol. The number of para-hydroxylation sites is 1. The molecule has 0 radical (unpaired) electrons. The molecule has 3 heteroatoms. The summed E-state index contributed by atoms with van der Waals surface area (Å²) < 4.78 is 0. The lowest BCUT2D eigenvalue weighted by atomic mass is 10.1. The first-order valence-electron chi connectivity index (χ1n) is 6.51. The molecule has 0 aliphatic rings. The zero-order chi connectivity index (χ0) is 13.9. The Hall–Kier alpha value is -1.57. The Kier molecular flexibility index (Phi) is 3.90. The van der Waals surface area contributed by atoms with Gasteiger partial charge in [-0.3, -0.25) is 4.98 Å². The molecule has 2 aromatic carbocycles. The highest BCUT2D eigenvalue weighted by molar-refractivity contribution is 6.35. The van der Waals surface area contributed by atoms with E-state index >= 15 is 0 Å². The first kappa shape index (κ1) is 13.4. The zero-order valence-corrected chi connectivity index (χ0v) is 12.3. The third kappa shape index (κ3) is 2.95. The van der Waals surface area contributed by atoms with Crippen LogP contribution in [0.1, 0.15) is 11.3 Å². The van der Waals surface area contributed by atoms with Gasteiger partial charge in [-0.1, -0.05) is 53.5 Å². The maximum Gasteiger partial charge on any atom is 0.0720 e. The second-order valence-corrected chi connectivity index (χ2v) is 5.59. The molecule has 0 atom stereocenters. The molecule has 0 unspecified atom stereocenters. The number of aromatic nitrogens is 1. The Bertz CT molecular complexity index is 753. The summed E-state index contributed by atoms with van der Waals surface area (Å²) >= 11 is 12.3. The monoisotopic (exact) mass is 301 g/mol. The fraction of sp³-hybridized carbons (Fsp3) is 0.118. The summed E-state index contributed by atoms with van der Waals surface area (Å²) in [7, 11) is 0. The van der Waals surface area contributed by atoms with Gasteiger partial charge >= 0.3 is 0 Å². The van der Waals surface area contributed by atoms with E-state index in [-0.39, 0.29) is 0 Å². The van der Waals surface area contributed by atoms with Crippen molar-refractivity contribution in [2.75, 3.05) is 0 Å². The highest BCUT2D eigenvalue weighted by atomic mass is 35.5. The van der Waals surface area contributed by atoms with Crippen molar-refractivity contribution in [1.29, 1.82) is 0 Å². The van der Waals surface area contributed by atoms with Gasteiger partial charge in [0, 0.05) is 16.1 Å². The van der Waals surface area contributed by atoms with E-state index in [1.807, 2.05) is 48.5 Å². The van der Waals surface area contributed by atoms with Crippen LogP contribution in [0.2, 0.25) is 10.0 Å². The minimum absolute atomic E-state index is 0.761. The molecule has 0 N–H and O–H groups in total. The minimum Gasteiger partial charge on any atom is -0.253 e. The van der Waals surface area contributed by atoms with Crippen molar-refractivity contribution in [2.45, 2.75) is 12.8 Å². The molecule has 0 saturated carbocycles. The lowest BCUT2D eigenvalue weighted by Crippen LogP contribution is -1.95. The van der Waals surface area contributed by atoms with Crippen LogP contribution in [0.15, 0.2) is 54.6 Å². The van der Waals surface area contributed by atoms with Crippen molar-refractivity contribution in [2.24, 2.45) is 0 Å². The molecule has 0 fully saturated rings. The van der Waals surface area contributed by atoms with Gasteiger partial charge in [-0.25, -0.2) is 0 Å². The van der Waals surface area contributed by atoms with Crippen molar-refractivity contribution in [3.05, 3.63) is 75.9 Å². The highest BCUT2D eigenvalue weighted by Crippen LogP contribution is 2.23. The van der Waals surface area contributed by atoms with Gasteiger partial charge in [0.25, 0.3) is 0 Å². The van der Waals surface area contributed by atoms with Gasteiger partial charge in [0.2, 0.25) is 0 Å². The van der Waals surface area contributed by atoms with Crippen molar-refractivity contribution in [1.82, 2.24) is 4.98 Å². The number of halogens is 2. The van der Waals surface area contributed by atoms with Crippen LogP contribution in [0, 0.1) is 0 Å². The largest absolute Gasteiger partial charge is 0.253 e.